The molecule has 0 aliphatic rings. The van der Waals surface area contributed by atoms with Gasteiger partial charge in [-0.2, -0.15) is 0 Å². The number of benzene rings is 2. The molecule has 0 saturated carbocycles. The maximum atomic E-state index is 13.6. The average molecular weight is 460 g/mol. The molecule has 2 aromatic carbocycles. The molecule has 0 amide bonds. The molecule has 0 spiro atoms. The molecular formula is C29H25N5O. The number of nitrogens with zero attached hydrogens (tertiary/aromatic N) is 5. The zero-order chi connectivity index (χ0) is 24.4. The van der Waals surface area contributed by atoms with Crippen LogP contribution in [0.4, 0.5) is 5.82 Å². The second-order valence-electron chi connectivity index (χ2n) is 9.27. The van der Waals surface area contributed by atoms with Gasteiger partial charge in [0.25, 0.3) is 0 Å². The molecule has 0 saturated heterocycles. The van der Waals surface area contributed by atoms with Crippen LogP contribution < -0.4 is 0 Å². The Balaban J connectivity index is 1.59. The number of hydrogen-bond donors (Lipinski definition) is 0. The van der Waals surface area contributed by atoms with Crippen molar-refractivity contribution in [3.05, 3.63) is 120 Å². The Morgan fingerprint density at radius 2 is 1.51 bits per heavy atom. The summed E-state index contributed by atoms with van der Waals surface area (Å²) in [6, 6.07) is 23.4. The Kier molecular flexibility index (Phi) is 5.79. The first-order chi connectivity index (χ1) is 16.9. The van der Waals surface area contributed by atoms with Crippen LogP contribution in [-0.2, 0) is 5.54 Å². The van der Waals surface area contributed by atoms with Crippen molar-refractivity contribution >= 4 is 28.3 Å². The Hall–Kier alpha value is -4.45. The zero-order valence-electron chi connectivity index (χ0n) is 19.9. The lowest BCUT2D eigenvalue weighted by molar-refractivity contribution is 0.104. The number of carbonyl (C=O) groups is 1. The number of ketones is 1. The van der Waals surface area contributed by atoms with E-state index < -0.39 is 0 Å². The van der Waals surface area contributed by atoms with Gasteiger partial charge in [0.05, 0.1) is 11.3 Å². The van der Waals surface area contributed by atoms with E-state index in [0.717, 1.165) is 27.9 Å². The maximum Gasteiger partial charge on any atom is 0.195 e. The minimum atomic E-state index is -0.237. The van der Waals surface area contributed by atoms with Crippen molar-refractivity contribution in [2.45, 2.75) is 26.3 Å². The van der Waals surface area contributed by atoms with Crippen molar-refractivity contribution in [1.29, 1.82) is 0 Å². The third kappa shape index (κ3) is 4.51. The summed E-state index contributed by atoms with van der Waals surface area (Å²) in [6.07, 6.45) is 6.69. The minimum Gasteiger partial charge on any atom is -0.326 e. The number of pyridine rings is 1. The van der Waals surface area contributed by atoms with Gasteiger partial charge in [0, 0.05) is 46.2 Å². The standard InChI is InChI=1S/C29H25N5O/c1-29(2,3)34-18-24(23-17-30-19-32-28(23)34)27(35)22-14-15-31-25(16-22)33-26(20-10-6-4-7-11-20)21-12-8-5-9-13-21/h4-19H,1-3H3. The molecule has 5 aromatic rings. The lowest BCUT2D eigenvalue weighted by Gasteiger charge is -2.21. The molecule has 0 unspecified atom stereocenters. The fourth-order valence-electron chi connectivity index (χ4n) is 4.04. The van der Waals surface area contributed by atoms with Crippen molar-refractivity contribution in [3.63, 3.8) is 0 Å². The van der Waals surface area contributed by atoms with E-state index in [0.29, 0.717) is 16.9 Å². The van der Waals surface area contributed by atoms with E-state index >= 15 is 0 Å². The van der Waals surface area contributed by atoms with Crippen LogP contribution in [0.25, 0.3) is 11.0 Å². The van der Waals surface area contributed by atoms with Gasteiger partial charge in [0.15, 0.2) is 11.6 Å². The van der Waals surface area contributed by atoms with Gasteiger partial charge in [-0.3, -0.25) is 4.79 Å². The predicted octanol–water partition coefficient (Wildman–Crippen LogP) is 5.98. The van der Waals surface area contributed by atoms with E-state index in [-0.39, 0.29) is 11.3 Å². The molecule has 0 radical (unpaired) electrons. The van der Waals surface area contributed by atoms with E-state index in [1.54, 1.807) is 24.5 Å². The van der Waals surface area contributed by atoms with E-state index in [1.165, 1.54) is 6.33 Å². The highest BCUT2D eigenvalue weighted by molar-refractivity contribution is 6.16. The summed E-state index contributed by atoms with van der Waals surface area (Å²) in [4.78, 5) is 31.5. The largest absolute Gasteiger partial charge is 0.326 e. The molecule has 6 heteroatoms. The first-order valence-corrected chi connectivity index (χ1v) is 11.4. The van der Waals surface area contributed by atoms with Crippen LogP contribution >= 0.6 is 0 Å². The lowest BCUT2D eigenvalue weighted by Crippen LogP contribution is -2.21. The molecular weight excluding hydrogens is 434 g/mol. The van der Waals surface area contributed by atoms with Gasteiger partial charge in [-0.1, -0.05) is 60.7 Å². The lowest BCUT2D eigenvalue weighted by atomic mass is 10.0. The van der Waals surface area contributed by atoms with Gasteiger partial charge in [-0.05, 0) is 32.9 Å². The van der Waals surface area contributed by atoms with E-state index in [9.17, 15) is 4.79 Å². The topological polar surface area (TPSA) is 73.0 Å². The maximum absolute atomic E-state index is 13.6. The number of aromatic nitrogens is 4. The molecule has 0 aliphatic heterocycles. The molecule has 0 N–H and O–H groups in total. The number of carbonyl (C=O) groups excluding carboxylic acids is 1. The third-order valence-electron chi connectivity index (χ3n) is 5.76. The third-order valence-corrected chi connectivity index (χ3v) is 5.76. The minimum absolute atomic E-state index is 0.118. The first-order valence-electron chi connectivity index (χ1n) is 11.4. The predicted molar refractivity (Wildman–Crippen MR) is 138 cm³/mol. The van der Waals surface area contributed by atoms with Crippen LogP contribution in [0.2, 0.25) is 0 Å². The molecule has 5 rings (SSSR count). The fraction of sp³-hybridized carbons (Fsp3) is 0.138. The van der Waals surface area contributed by atoms with Crippen molar-refractivity contribution < 1.29 is 4.79 Å². The van der Waals surface area contributed by atoms with Gasteiger partial charge < -0.3 is 4.57 Å². The molecule has 35 heavy (non-hydrogen) atoms. The van der Waals surface area contributed by atoms with Crippen LogP contribution in [0, 0.1) is 0 Å². The van der Waals surface area contributed by atoms with Gasteiger partial charge in [0.2, 0.25) is 0 Å². The summed E-state index contributed by atoms with van der Waals surface area (Å²) in [5.74, 6) is 0.349. The van der Waals surface area contributed by atoms with E-state index in [2.05, 4.69) is 35.7 Å². The molecule has 0 fully saturated rings. The number of rotatable bonds is 5. The molecule has 6 nitrogen and oxygen atoms in total. The molecule has 0 aliphatic carbocycles. The Bertz CT molecular complexity index is 1490. The summed E-state index contributed by atoms with van der Waals surface area (Å²) in [6.45, 7) is 6.24. The highest BCUT2D eigenvalue weighted by Crippen LogP contribution is 2.28. The SMILES string of the molecule is CC(C)(C)n1cc(C(=O)c2ccnc(N=C(c3ccccc3)c3ccccc3)c2)c2cncnc21. The van der Waals surface area contributed by atoms with Crippen LogP contribution in [0.15, 0.2) is 103 Å². The van der Waals surface area contributed by atoms with Crippen LogP contribution in [0.5, 0.6) is 0 Å². The van der Waals surface area contributed by atoms with Gasteiger partial charge in [-0.15, -0.1) is 0 Å². The smallest absolute Gasteiger partial charge is 0.195 e. The summed E-state index contributed by atoms with van der Waals surface area (Å²) in [5.41, 5.74) is 4.31. The summed E-state index contributed by atoms with van der Waals surface area (Å²) >= 11 is 0. The number of hydrogen-bond acceptors (Lipinski definition) is 5. The summed E-state index contributed by atoms with van der Waals surface area (Å²) in [7, 11) is 0. The van der Waals surface area contributed by atoms with Gasteiger partial charge >= 0.3 is 0 Å². The van der Waals surface area contributed by atoms with Crippen LogP contribution in [0.3, 0.4) is 0 Å². The Morgan fingerprint density at radius 1 is 0.857 bits per heavy atom. The molecule has 0 atom stereocenters. The van der Waals surface area contributed by atoms with E-state index in [1.807, 2.05) is 71.4 Å². The van der Waals surface area contributed by atoms with Gasteiger partial charge in [-0.25, -0.2) is 19.9 Å². The normalized spacial score (nSPS) is 11.4. The van der Waals surface area contributed by atoms with Crippen LogP contribution in [-0.4, -0.2) is 31.0 Å². The van der Waals surface area contributed by atoms with Crippen molar-refractivity contribution in [2.75, 3.05) is 0 Å². The fourth-order valence-corrected chi connectivity index (χ4v) is 4.04. The van der Waals surface area contributed by atoms with Crippen molar-refractivity contribution in [2.24, 2.45) is 4.99 Å². The molecule has 3 aromatic heterocycles. The van der Waals surface area contributed by atoms with E-state index in [4.69, 9.17) is 4.99 Å². The zero-order valence-corrected chi connectivity index (χ0v) is 19.9. The Labute approximate surface area is 204 Å². The molecule has 172 valence electrons. The number of aliphatic imine (C=N–C) groups is 1. The molecule has 0 bridgehead atoms. The van der Waals surface area contributed by atoms with Gasteiger partial charge in [0.1, 0.15) is 12.0 Å². The second-order valence-corrected chi connectivity index (χ2v) is 9.27. The second kappa shape index (κ2) is 9.06. The highest BCUT2D eigenvalue weighted by Gasteiger charge is 2.23. The van der Waals surface area contributed by atoms with Crippen LogP contribution in [0.1, 0.15) is 47.8 Å². The monoisotopic (exact) mass is 459 g/mol. The molecule has 3 heterocycles. The van der Waals surface area contributed by atoms with Crippen molar-refractivity contribution in [3.8, 4) is 0 Å². The Morgan fingerprint density at radius 3 is 2.14 bits per heavy atom. The highest BCUT2D eigenvalue weighted by atomic mass is 16.1. The summed E-state index contributed by atoms with van der Waals surface area (Å²) < 4.78 is 2.01. The first kappa shape index (κ1) is 22.3. The van der Waals surface area contributed by atoms with Crippen molar-refractivity contribution in [1.82, 2.24) is 19.5 Å². The quantitative estimate of drug-likeness (QED) is 0.239. The number of fused-ring (bicyclic) bond motifs is 1. The average Bonchev–Trinajstić information content (AvgIpc) is 3.28. The summed E-state index contributed by atoms with van der Waals surface area (Å²) in [5, 5.41) is 0.726.